The van der Waals surface area contributed by atoms with Crippen LogP contribution in [0, 0.1) is 5.41 Å². The van der Waals surface area contributed by atoms with Gasteiger partial charge in [0.15, 0.2) is 5.41 Å². The van der Waals surface area contributed by atoms with Crippen molar-refractivity contribution in [3.05, 3.63) is 0 Å². The fourth-order valence-electron chi connectivity index (χ4n) is 1.67. The Hall–Kier alpha value is -0.138. The number of hydrogen-bond donors (Lipinski definition) is 2. The van der Waals surface area contributed by atoms with Gasteiger partial charge in [-0.2, -0.15) is 0 Å². The Balaban J connectivity index is 0.00000144. The van der Waals surface area contributed by atoms with Crippen LogP contribution in [0.25, 0.3) is 0 Å². The molecule has 2 N–H and O–H groups in total. The molecule has 5 heteroatoms. The Bertz CT molecular complexity index is 192. The fraction of sp³-hybridized carbons (Fsp3) is 0.750. The van der Waals surface area contributed by atoms with Gasteiger partial charge in [-0.1, -0.05) is 19.3 Å². The quantitative estimate of drug-likeness (QED) is 0.588. The van der Waals surface area contributed by atoms with Gasteiger partial charge in [0.2, 0.25) is 0 Å². The maximum atomic E-state index is 10.7. The van der Waals surface area contributed by atoms with Gasteiger partial charge in [0.1, 0.15) is 0 Å². The second-order valence-corrected chi connectivity index (χ2v) is 3.25. The average Bonchev–Trinajstić information content (AvgIpc) is 2.05. The summed E-state index contributed by atoms with van der Waals surface area (Å²) in [4.78, 5) is 21.5. The van der Waals surface area contributed by atoms with Crippen molar-refractivity contribution < 1.29 is 47.1 Å². The van der Waals surface area contributed by atoms with Crippen molar-refractivity contribution in [2.24, 2.45) is 5.41 Å². The Morgan fingerprint density at radius 3 is 1.54 bits per heavy atom. The molecule has 0 heterocycles. The summed E-state index contributed by atoms with van der Waals surface area (Å²) < 4.78 is 0. The first kappa shape index (κ1) is 12.9. The van der Waals surface area contributed by atoms with E-state index in [4.69, 9.17) is 10.2 Å². The standard InChI is InChI=1S/C8H12O4.Cd/c9-6(10)8(7(11)12)4-2-1-3-5-8;/h1-5H2,(H,9,10)(H,11,12);. The molecule has 0 radical (unpaired) electrons. The van der Waals surface area contributed by atoms with E-state index in [0.29, 0.717) is 12.8 Å². The first-order chi connectivity index (χ1) is 5.59. The molecule has 70 valence electrons. The van der Waals surface area contributed by atoms with E-state index < -0.39 is 17.4 Å². The molecule has 4 nitrogen and oxygen atoms in total. The summed E-state index contributed by atoms with van der Waals surface area (Å²) in [5, 5.41) is 17.6. The number of carbonyl (C=O) groups is 2. The van der Waals surface area contributed by atoms with Crippen LogP contribution in [0.5, 0.6) is 0 Å². The summed E-state index contributed by atoms with van der Waals surface area (Å²) in [6.07, 6.45) is 2.91. The van der Waals surface area contributed by atoms with Crippen molar-refractivity contribution in [3.8, 4) is 0 Å². The largest absolute Gasteiger partial charge is 0.480 e. The predicted octanol–water partition coefficient (Wildman–Crippen LogP) is 1.10. The predicted molar refractivity (Wildman–Crippen MR) is 40.8 cm³/mol. The maximum absolute atomic E-state index is 10.7. The molecule has 0 aromatic rings. The van der Waals surface area contributed by atoms with E-state index in [2.05, 4.69) is 0 Å². The third-order valence-electron chi connectivity index (χ3n) is 2.53. The monoisotopic (exact) mass is 286 g/mol. The van der Waals surface area contributed by atoms with Crippen LogP contribution in [-0.4, -0.2) is 22.2 Å². The van der Waals surface area contributed by atoms with Gasteiger partial charge >= 0.3 is 11.9 Å². The van der Waals surface area contributed by atoms with Gasteiger partial charge in [0, 0.05) is 27.3 Å². The molecule has 0 spiro atoms. The number of rotatable bonds is 2. The van der Waals surface area contributed by atoms with Crippen LogP contribution < -0.4 is 0 Å². The van der Waals surface area contributed by atoms with Crippen molar-refractivity contribution >= 4 is 11.9 Å². The van der Waals surface area contributed by atoms with Gasteiger partial charge < -0.3 is 10.2 Å². The van der Waals surface area contributed by atoms with Gasteiger partial charge in [-0.25, -0.2) is 0 Å². The van der Waals surface area contributed by atoms with Crippen LogP contribution in [0.15, 0.2) is 0 Å². The smallest absolute Gasteiger partial charge is 0.321 e. The van der Waals surface area contributed by atoms with E-state index in [0.717, 1.165) is 6.42 Å². The third-order valence-corrected chi connectivity index (χ3v) is 2.53. The van der Waals surface area contributed by atoms with Crippen molar-refractivity contribution in [2.45, 2.75) is 32.1 Å². The molecule has 0 bridgehead atoms. The zero-order valence-electron chi connectivity index (χ0n) is 7.45. The van der Waals surface area contributed by atoms with Crippen LogP contribution in [0.1, 0.15) is 32.1 Å². The molecular formula is C8H12CdO4. The van der Waals surface area contributed by atoms with Gasteiger partial charge in [-0.15, -0.1) is 0 Å². The summed E-state index contributed by atoms with van der Waals surface area (Å²) >= 11 is 0. The molecule has 0 saturated heterocycles. The maximum Gasteiger partial charge on any atom is 0.321 e. The summed E-state index contributed by atoms with van der Waals surface area (Å²) in [5.41, 5.74) is -1.49. The van der Waals surface area contributed by atoms with Crippen LogP contribution in [0.3, 0.4) is 0 Å². The van der Waals surface area contributed by atoms with E-state index in [1.807, 2.05) is 0 Å². The number of hydrogen-bond acceptors (Lipinski definition) is 2. The number of carboxylic acids is 2. The molecule has 0 amide bonds. The molecule has 0 aromatic carbocycles. The van der Waals surface area contributed by atoms with E-state index in [1.54, 1.807) is 0 Å². The summed E-state index contributed by atoms with van der Waals surface area (Å²) in [6, 6.07) is 0. The van der Waals surface area contributed by atoms with Crippen LogP contribution in [0.2, 0.25) is 0 Å². The minimum absolute atomic E-state index is 0. The first-order valence-corrected chi connectivity index (χ1v) is 4.06. The molecule has 1 saturated carbocycles. The van der Waals surface area contributed by atoms with Crippen molar-refractivity contribution in [1.29, 1.82) is 0 Å². The topological polar surface area (TPSA) is 74.6 Å². The van der Waals surface area contributed by atoms with Crippen molar-refractivity contribution in [3.63, 3.8) is 0 Å². The number of aliphatic carboxylic acids is 2. The normalized spacial score (nSPS) is 20.0. The van der Waals surface area contributed by atoms with Gasteiger partial charge in [-0.3, -0.25) is 9.59 Å². The molecule has 0 atom stereocenters. The Labute approximate surface area is 96.5 Å². The van der Waals surface area contributed by atoms with Crippen LogP contribution >= 0.6 is 0 Å². The Morgan fingerprint density at radius 2 is 1.31 bits per heavy atom. The minimum Gasteiger partial charge on any atom is -0.480 e. The summed E-state index contributed by atoms with van der Waals surface area (Å²) in [6.45, 7) is 0. The molecule has 0 aromatic heterocycles. The van der Waals surface area contributed by atoms with Gasteiger partial charge in [-0.05, 0) is 12.8 Å². The van der Waals surface area contributed by atoms with E-state index >= 15 is 0 Å². The molecule has 1 aliphatic carbocycles. The van der Waals surface area contributed by atoms with Crippen LogP contribution in [-0.2, 0) is 36.9 Å². The zero-order chi connectivity index (χ0) is 9.19. The van der Waals surface area contributed by atoms with Gasteiger partial charge in [0.25, 0.3) is 0 Å². The van der Waals surface area contributed by atoms with Crippen molar-refractivity contribution in [1.82, 2.24) is 0 Å². The Kier molecular flexibility index (Phi) is 4.87. The molecule has 0 unspecified atom stereocenters. The fourth-order valence-corrected chi connectivity index (χ4v) is 1.67. The molecule has 1 fully saturated rings. The average molecular weight is 285 g/mol. The second-order valence-electron chi connectivity index (χ2n) is 3.25. The molecule has 1 rings (SSSR count). The van der Waals surface area contributed by atoms with Crippen LogP contribution in [0.4, 0.5) is 0 Å². The molecular weight excluding hydrogens is 272 g/mol. The first-order valence-electron chi connectivity index (χ1n) is 4.06. The second kappa shape index (κ2) is 4.92. The minimum atomic E-state index is -1.49. The molecule has 1 aliphatic rings. The molecule has 0 aliphatic heterocycles. The SMILES string of the molecule is O=C(O)C1(C(=O)O)CCCCC1.[Cd]. The summed E-state index contributed by atoms with van der Waals surface area (Å²) in [5.74, 6) is -2.37. The summed E-state index contributed by atoms with van der Waals surface area (Å²) in [7, 11) is 0. The molecule has 13 heavy (non-hydrogen) atoms. The van der Waals surface area contributed by atoms with E-state index in [9.17, 15) is 9.59 Å². The Morgan fingerprint density at radius 1 is 0.923 bits per heavy atom. The van der Waals surface area contributed by atoms with E-state index in [1.165, 1.54) is 0 Å². The zero-order valence-corrected chi connectivity index (χ0v) is 11.5. The van der Waals surface area contributed by atoms with Crippen molar-refractivity contribution in [2.75, 3.05) is 0 Å². The van der Waals surface area contributed by atoms with E-state index in [-0.39, 0.29) is 40.1 Å². The van der Waals surface area contributed by atoms with Gasteiger partial charge in [0.05, 0.1) is 0 Å². The third kappa shape index (κ3) is 2.41. The number of carboxylic acid groups (broad SMARTS) is 2.